The average molecular weight is 411 g/mol. The molecule has 0 spiro atoms. The van der Waals surface area contributed by atoms with Crippen LogP contribution < -0.4 is 0 Å². The molecule has 2 aromatic carbocycles. The molecular weight excluding hydrogens is 387 g/mol. The molecule has 150 valence electrons. The zero-order valence-electron chi connectivity index (χ0n) is 16.5. The van der Waals surface area contributed by atoms with E-state index in [1.54, 1.807) is 6.07 Å². The molecule has 0 aliphatic heterocycles. The first-order chi connectivity index (χ1) is 14.0. The third kappa shape index (κ3) is 2.89. The van der Waals surface area contributed by atoms with Crippen molar-refractivity contribution in [3.05, 3.63) is 58.4 Å². The van der Waals surface area contributed by atoms with Crippen molar-refractivity contribution in [1.82, 2.24) is 0 Å². The molecule has 0 amide bonds. The summed E-state index contributed by atoms with van der Waals surface area (Å²) < 4.78 is 14.0. The number of carbonyl (C=O) groups is 2. The Bertz CT molecular complexity index is 976. The predicted molar refractivity (Wildman–Crippen MR) is 111 cm³/mol. The van der Waals surface area contributed by atoms with Gasteiger partial charge < -0.3 is 0 Å². The van der Waals surface area contributed by atoms with Gasteiger partial charge in [-0.1, -0.05) is 36.7 Å². The fourth-order valence-electron chi connectivity index (χ4n) is 6.14. The first-order valence-electron chi connectivity index (χ1n) is 10.6. The molecule has 4 fully saturated rings. The van der Waals surface area contributed by atoms with Gasteiger partial charge >= 0.3 is 0 Å². The molecule has 4 saturated carbocycles. The fraction of sp³-hybridized carbons (Fsp3) is 0.440. The van der Waals surface area contributed by atoms with Crippen LogP contribution >= 0.6 is 11.6 Å². The Labute approximate surface area is 175 Å². The molecule has 0 radical (unpaired) electrons. The molecule has 4 aliphatic rings. The lowest BCUT2D eigenvalue weighted by Crippen LogP contribution is -2.41. The normalized spacial score (nSPS) is 30.7. The number of Topliss-reactive ketones (excluding diaryl/α,β-unsaturated/α-hetero) is 2. The Morgan fingerprint density at radius 2 is 1.45 bits per heavy atom. The second-order valence-electron chi connectivity index (χ2n) is 8.86. The van der Waals surface area contributed by atoms with Crippen LogP contribution in [0.15, 0.2) is 36.4 Å². The third-order valence-corrected chi connectivity index (χ3v) is 7.84. The summed E-state index contributed by atoms with van der Waals surface area (Å²) in [5, 5.41) is 0.0832. The third-order valence-electron chi connectivity index (χ3n) is 7.54. The number of fused-ring (bicyclic) bond motifs is 2. The van der Waals surface area contributed by atoms with Crippen LogP contribution in [-0.2, 0) is 16.0 Å². The first kappa shape index (κ1) is 19.0. The van der Waals surface area contributed by atoms with Gasteiger partial charge in [0.25, 0.3) is 0 Å². The summed E-state index contributed by atoms with van der Waals surface area (Å²) >= 11 is 5.83. The molecule has 2 nitrogen and oxygen atoms in total. The van der Waals surface area contributed by atoms with Gasteiger partial charge in [-0.05, 0) is 84.4 Å². The Morgan fingerprint density at radius 1 is 0.897 bits per heavy atom. The minimum Gasteiger partial charge on any atom is -0.298 e. The van der Waals surface area contributed by atoms with E-state index >= 15 is 0 Å². The lowest BCUT2D eigenvalue weighted by atomic mass is 9.59. The highest BCUT2D eigenvalue weighted by molar-refractivity contribution is 6.30. The van der Waals surface area contributed by atoms with Crippen LogP contribution in [0.1, 0.15) is 49.7 Å². The molecule has 29 heavy (non-hydrogen) atoms. The van der Waals surface area contributed by atoms with Crippen molar-refractivity contribution in [2.24, 2.45) is 23.7 Å². The van der Waals surface area contributed by atoms with Crippen LogP contribution in [0.4, 0.5) is 4.39 Å². The summed E-state index contributed by atoms with van der Waals surface area (Å²) in [6.07, 6.45) is 5.10. The quantitative estimate of drug-likeness (QED) is 0.582. The van der Waals surface area contributed by atoms with E-state index in [-0.39, 0.29) is 28.4 Å². The molecule has 0 N–H and O–H groups in total. The molecule has 2 atom stereocenters. The van der Waals surface area contributed by atoms with Gasteiger partial charge in [-0.15, -0.1) is 0 Å². The van der Waals surface area contributed by atoms with Crippen LogP contribution in [0.5, 0.6) is 0 Å². The highest BCUT2D eigenvalue weighted by atomic mass is 35.5. The molecule has 4 heteroatoms. The minimum atomic E-state index is -0.654. The van der Waals surface area contributed by atoms with E-state index in [0.717, 1.165) is 48.8 Å². The van der Waals surface area contributed by atoms with Crippen molar-refractivity contribution >= 4 is 23.2 Å². The van der Waals surface area contributed by atoms with Crippen LogP contribution in [0.2, 0.25) is 5.02 Å². The summed E-state index contributed by atoms with van der Waals surface area (Å²) in [6, 6.07) is 10.6. The maximum Gasteiger partial charge on any atom is 0.151 e. The number of aryl methyl sites for hydroxylation is 1. The van der Waals surface area contributed by atoms with E-state index in [2.05, 4.69) is 0 Å². The largest absolute Gasteiger partial charge is 0.298 e. The van der Waals surface area contributed by atoms with Gasteiger partial charge in [0.2, 0.25) is 0 Å². The number of rotatable bonds is 3. The van der Waals surface area contributed by atoms with Crippen molar-refractivity contribution in [1.29, 1.82) is 0 Å². The van der Waals surface area contributed by atoms with Crippen LogP contribution in [0.25, 0.3) is 11.1 Å². The van der Waals surface area contributed by atoms with E-state index in [1.807, 2.05) is 25.1 Å². The summed E-state index contributed by atoms with van der Waals surface area (Å²) in [7, 11) is 0. The average Bonchev–Trinajstić information content (AvgIpc) is 3.03. The smallest absolute Gasteiger partial charge is 0.151 e. The standard InChI is InChI=1S/C25H24ClFO2/c1-2-13-3-8-16(17-9-10-19(26)20(27)12-17)11-18(13)23-24(28)21-14-4-5-15(7-6-14)22(21)25(23)29/h3,8-12,14-15,21-23H,2,4-7H2,1H3. The van der Waals surface area contributed by atoms with E-state index < -0.39 is 11.7 Å². The van der Waals surface area contributed by atoms with Crippen molar-refractivity contribution < 1.29 is 14.0 Å². The second-order valence-corrected chi connectivity index (χ2v) is 9.27. The van der Waals surface area contributed by atoms with E-state index in [4.69, 9.17) is 11.6 Å². The number of benzene rings is 2. The summed E-state index contributed by atoms with van der Waals surface area (Å²) in [5.74, 6) is -0.274. The zero-order chi connectivity index (χ0) is 20.3. The highest BCUT2D eigenvalue weighted by Crippen LogP contribution is 2.56. The van der Waals surface area contributed by atoms with E-state index in [1.165, 1.54) is 12.1 Å². The van der Waals surface area contributed by atoms with Crippen LogP contribution in [-0.4, -0.2) is 11.6 Å². The number of hydrogen-bond acceptors (Lipinski definition) is 2. The molecule has 0 saturated heterocycles. The number of halogens is 2. The zero-order valence-corrected chi connectivity index (χ0v) is 17.2. The molecule has 2 unspecified atom stereocenters. The SMILES string of the molecule is CCc1ccc(-c2ccc(Cl)c(F)c2)cc1C1C(=O)C2C3CCC(CC3)C2C1=O. The van der Waals surface area contributed by atoms with Crippen LogP contribution in [0, 0.1) is 29.5 Å². The van der Waals surface area contributed by atoms with Crippen LogP contribution in [0.3, 0.4) is 0 Å². The summed E-state index contributed by atoms with van der Waals surface area (Å²) in [6.45, 7) is 2.04. The van der Waals surface area contributed by atoms with E-state index in [0.29, 0.717) is 17.4 Å². The van der Waals surface area contributed by atoms with Gasteiger partial charge in [0, 0.05) is 11.8 Å². The van der Waals surface area contributed by atoms with Gasteiger partial charge in [-0.3, -0.25) is 9.59 Å². The molecule has 0 aromatic heterocycles. The molecule has 0 heterocycles. The number of hydrogen-bond donors (Lipinski definition) is 0. The Hall–Kier alpha value is -2.00. The van der Waals surface area contributed by atoms with Gasteiger partial charge in [-0.2, -0.15) is 0 Å². The number of carbonyl (C=O) groups excluding carboxylic acids is 2. The van der Waals surface area contributed by atoms with Crippen molar-refractivity contribution in [2.45, 2.75) is 44.9 Å². The number of ketones is 2. The topological polar surface area (TPSA) is 34.1 Å². The van der Waals surface area contributed by atoms with E-state index in [9.17, 15) is 14.0 Å². The molecular formula is C25H24ClFO2. The lowest BCUT2D eigenvalue weighted by Gasteiger charge is -2.43. The predicted octanol–water partition coefficient (Wildman–Crippen LogP) is 6.00. The van der Waals surface area contributed by atoms with Crippen molar-refractivity contribution in [2.75, 3.05) is 0 Å². The molecule has 2 aromatic rings. The van der Waals surface area contributed by atoms with Gasteiger partial charge in [0.1, 0.15) is 11.7 Å². The monoisotopic (exact) mass is 410 g/mol. The van der Waals surface area contributed by atoms with Crippen molar-refractivity contribution in [3.63, 3.8) is 0 Å². The Kier molecular flexibility index (Phi) is 4.62. The maximum atomic E-state index is 14.0. The van der Waals surface area contributed by atoms with Gasteiger partial charge in [0.05, 0.1) is 5.02 Å². The fourth-order valence-corrected chi connectivity index (χ4v) is 6.26. The highest BCUT2D eigenvalue weighted by Gasteiger charge is 2.59. The second kappa shape index (κ2) is 7.05. The molecule has 4 aliphatic carbocycles. The summed E-state index contributed by atoms with van der Waals surface area (Å²) in [5.41, 5.74) is 3.36. The minimum absolute atomic E-state index is 0.0821. The van der Waals surface area contributed by atoms with Gasteiger partial charge in [0.15, 0.2) is 11.6 Å². The van der Waals surface area contributed by atoms with Gasteiger partial charge in [-0.25, -0.2) is 4.39 Å². The molecule has 2 bridgehead atoms. The Balaban J connectivity index is 1.59. The first-order valence-corrected chi connectivity index (χ1v) is 11.0. The lowest BCUT2D eigenvalue weighted by molar-refractivity contribution is -0.129. The Morgan fingerprint density at radius 3 is 2.00 bits per heavy atom. The van der Waals surface area contributed by atoms with Crippen molar-refractivity contribution in [3.8, 4) is 11.1 Å². The molecule has 6 rings (SSSR count). The maximum absolute atomic E-state index is 14.0. The summed E-state index contributed by atoms with van der Waals surface area (Å²) in [4.78, 5) is 26.9.